The summed E-state index contributed by atoms with van der Waals surface area (Å²) in [6, 6.07) is 19.1. The van der Waals surface area contributed by atoms with Gasteiger partial charge in [0.15, 0.2) is 0 Å². The van der Waals surface area contributed by atoms with Crippen molar-refractivity contribution in [3.8, 4) is 17.0 Å². The Hall–Kier alpha value is -2.39. The molecule has 0 amide bonds. The van der Waals surface area contributed by atoms with Gasteiger partial charge in [0.1, 0.15) is 11.9 Å². The number of fused-ring (bicyclic) bond motifs is 4. The fourth-order valence-corrected chi connectivity index (χ4v) is 4.19. The van der Waals surface area contributed by atoms with Gasteiger partial charge in [0.2, 0.25) is 0 Å². The van der Waals surface area contributed by atoms with Crippen LogP contribution in [0.1, 0.15) is 12.8 Å². The summed E-state index contributed by atoms with van der Waals surface area (Å²) < 4.78 is 6.25. The van der Waals surface area contributed by atoms with Crippen molar-refractivity contribution in [2.75, 3.05) is 19.6 Å². The summed E-state index contributed by atoms with van der Waals surface area (Å²) in [6.45, 7) is 3.55. The lowest BCUT2D eigenvalue weighted by atomic mass is 9.86. The second-order valence-corrected chi connectivity index (χ2v) is 7.24. The molecule has 3 fully saturated rings. The molecule has 0 aliphatic carbocycles. The van der Waals surface area contributed by atoms with Crippen molar-refractivity contribution >= 4 is 10.8 Å². The van der Waals surface area contributed by atoms with Crippen molar-refractivity contribution in [2.45, 2.75) is 18.9 Å². The van der Waals surface area contributed by atoms with Crippen LogP contribution in [0.15, 0.2) is 60.8 Å². The van der Waals surface area contributed by atoms with Gasteiger partial charge in [-0.3, -0.25) is 9.88 Å². The highest BCUT2D eigenvalue weighted by atomic mass is 16.5. The number of pyridine rings is 1. The van der Waals surface area contributed by atoms with Crippen LogP contribution in [0, 0.1) is 5.92 Å². The highest BCUT2D eigenvalue weighted by Crippen LogP contribution is 2.31. The normalized spacial score (nSPS) is 25.2. The average molecular weight is 330 g/mol. The first kappa shape index (κ1) is 14.9. The first-order valence-corrected chi connectivity index (χ1v) is 9.19. The summed E-state index contributed by atoms with van der Waals surface area (Å²) in [4.78, 5) is 7.16. The summed E-state index contributed by atoms with van der Waals surface area (Å²) >= 11 is 0. The zero-order chi connectivity index (χ0) is 16.6. The van der Waals surface area contributed by atoms with E-state index in [2.05, 4.69) is 64.5 Å². The van der Waals surface area contributed by atoms with E-state index in [1.165, 1.54) is 36.7 Å². The number of benzene rings is 2. The van der Waals surface area contributed by atoms with Crippen molar-refractivity contribution < 1.29 is 4.74 Å². The average Bonchev–Trinajstić information content (AvgIpc) is 2.69. The predicted octanol–water partition coefficient (Wildman–Crippen LogP) is 4.37. The Morgan fingerprint density at radius 1 is 0.920 bits per heavy atom. The van der Waals surface area contributed by atoms with Gasteiger partial charge < -0.3 is 4.74 Å². The van der Waals surface area contributed by atoms with E-state index >= 15 is 0 Å². The van der Waals surface area contributed by atoms with E-state index in [4.69, 9.17) is 4.74 Å². The Morgan fingerprint density at radius 2 is 1.76 bits per heavy atom. The van der Waals surface area contributed by atoms with Crippen LogP contribution in [0.5, 0.6) is 5.75 Å². The van der Waals surface area contributed by atoms with Gasteiger partial charge in [0.05, 0.1) is 11.9 Å². The summed E-state index contributed by atoms with van der Waals surface area (Å²) in [7, 11) is 0. The molecule has 6 rings (SSSR count). The molecular weight excluding hydrogens is 308 g/mol. The van der Waals surface area contributed by atoms with Gasteiger partial charge in [-0.15, -0.1) is 0 Å². The third-order valence-corrected chi connectivity index (χ3v) is 5.67. The maximum absolute atomic E-state index is 6.25. The number of aromatic nitrogens is 1. The third kappa shape index (κ3) is 2.89. The van der Waals surface area contributed by atoms with Crippen molar-refractivity contribution in [3.63, 3.8) is 0 Å². The fourth-order valence-electron chi connectivity index (χ4n) is 4.19. The van der Waals surface area contributed by atoms with Gasteiger partial charge in [-0.2, -0.15) is 0 Å². The molecule has 4 heterocycles. The first-order chi connectivity index (χ1) is 12.3. The minimum absolute atomic E-state index is 0.329. The molecule has 1 atom stereocenters. The highest BCUT2D eigenvalue weighted by Gasteiger charge is 2.35. The molecule has 3 saturated heterocycles. The van der Waals surface area contributed by atoms with Crippen molar-refractivity contribution in [1.29, 1.82) is 0 Å². The maximum Gasteiger partial charge on any atom is 0.138 e. The molecule has 3 nitrogen and oxygen atoms in total. The number of piperidine rings is 3. The van der Waals surface area contributed by atoms with E-state index < -0.39 is 0 Å². The molecule has 2 bridgehead atoms. The molecule has 2 aromatic carbocycles. The topological polar surface area (TPSA) is 25.4 Å². The van der Waals surface area contributed by atoms with Gasteiger partial charge in [0.25, 0.3) is 0 Å². The molecule has 126 valence electrons. The second kappa shape index (κ2) is 6.16. The SMILES string of the molecule is c1ccc2cc(-c3ccc(O[C@H]4CN5CCC4CC5)cn3)ccc2c1. The van der Waals surface area contributed by atoms with Crippen molar-refractivity contribution in [3.05, 3.63) is 60.8 Å². The van der Waals surface area contributed by atoms with E-state index in [1.54, 1.807) is 0 Å². The van der Waals surface area contributed by atoms with Crippen LogP contribution < -0.4 is 4.74 Å². The van der Waals surface area contributed by atoms with Gasteiger partial charge in [-0.05, 0) is 60.8 Å². The zero-order valence-corrected chi connectivity index (χ0v) is 14.3. The number of nitrogens with zero attached hydrogens (tertiary/aromatic N) is 2. The molecule has 0 N–H and O–H groups in total. The lowest BCUT2D eigenvalue weighted by molar-refractivity contribution is -0.00791. The second-order valence-electron chi connectivity index (χ2n) is 7.24. The van der Waals surface area contributed by atoms with E-state index in [-0.39, 0.29) is 0 Å². The largest absolute Gasteiger partial charge is 0.487 e. The Labute approximate surface area is 148 Å². The summed E-state index contributed by atoms with van der Waals surface area (Å²) in [5, 5.41) is 2.50. The Bertz CT molecular complexity index is 882. The molecule has 1 aromatic heterocycles. The number of hydrogen-bond acceptors (Lipinski definition) is 3. The quantitative estimate of drug-likeness (QED) is 0.713. The zero-order valence-electron chi connectivity index (χ0n) is 14.3. The van der Waals surface area contributed by atoms with Gasteiger partial charge in [-0.25, -0.2) is 0 Å². The fraction of sp³-hybridized carbons (Fsp3) is 0.318. The van der Waals surface area contributed by atoms with Crippen LogP contribution in [0.2, 0.25) is 0 Å². The summed E-state index contributed by atoms with van der Waals surface area (Å²) in [6.07, 6.45) is 4.75. The van der Waals surface area contributed by atoms with Crippen LogP contribution in [0.3, 0.4) is 0 Å². The molecular formula is C22H22N2O. The van der Waals surface area contributed by atoms with E-state index in [0.717, 1.165) is 23.6 Å². The van der Waals surface area contributed by atoms with Crippen LogP contribution in [-0.2, 0) is 0 Å². The Morgan fingerprint density at radius 3 is 2.48 bits per heavy atom. The van der Waals surface area contributed by atoms with Crippen LogP contribution in [0.4, 0.5) is 0 Å². The standard InChI is InChI=1S/C22H22N2O/c1-2-4-18-13-19(6-5-16(18)3-1)21-8-7-20(14-23-21)25-22-15-24-11-9-17(22)10-12-24/h1-8,13-14,17,22H,9-12,15H2/t22-/m0/s1. The lowest BCUT2D eigenvalue weighted by Crippen LogP contribution is -2.52. The molecule has 3 aliphatic rings. The van der Waals surface area contributed by atoms with Crippen LogP contribution >= 0.6 is 0 Å². The highest BCUT2D eigenvalue weighted by molar-refractivity contribution is 5.86. The maximum atomic E-state index is 6.25. The monoisotopic (exact) mass is 330 g/mol. The summed E-state index contributed by atoms with van der Waals surface area (Å²) in [5.74, 6) is 1.61. The van der Waals surface area contributed by atoms with E-state index in [9.17, 15) is 0 Å². The molecule has 0 saturated carbocycles. The predicted molar refractivity (Wildman–Crippen MR) is 101 cm³/mol. The molecule has 3 aromatic rings. The van der Waals surface area contributed by atoms with Gasteiger partial charge in [0, 0.05) is 12.1 Å². The minimum atomic E-state index is 0.329. The first-order valence-electron chi connectivity index (χ1n) is 9.19. The van der Waals surface area contributed by atoms with E-state index in [1.807, 2.05) is 6.20 Å². The van der Waals surface area contributed by atoms with E-state index in [0.29, 0.717) is 12.0 Å². The van der Waals surface area contributed by atoms with Gasteiger partial charge >= 0.3 is 0 Å². The third-order valence-electron chi connectivity index (χ3n) is 5.67. The molecule has 3 aliphatic heterocycles. The van der Waals surface area contributed by atoms with Crippen molar-refractivity contribution in [2.24, 2.45) is 5.92 Å². The number of ether oxygens (including phenoxy) is 1. The Kier molecular flexibility index (Phi) is 3.67. The summed E-state index contributed by atoms with van der Waals surface area (Å²) in [5.41, 5.74) is 2.14. The molecule has 0 spiro atoms. The Balaban J connectivity index is 1.35. The molecule has 0 radical (unpaired) electrons. The molecule has 0 unspecified atom stereocenters. The lowest BCUT2D eigenvalue weighted by Gasteiger charge is -2.44. The number of hydrogen-bond donors (Lipinski definition) is 0. The van der Waals surface area contributed by atoms with Crippen LogP contribution in [-0.4, -0.2) is 35.6 Å². The minimum Gasteiger partial charge on any atom is -0.487 e. The molecule has 25 heavy (non-hydrogen) atoms. The van der Waals surface area contributed by atoms with Gasteiger partial charge in [-0.1, -0.05) is 36.4 Å². The molecule has 3 heteroatoms. The smallest absolute Gasteiger partial charge is 0.138 e. The van der Waals surface area contributed by atoms with Crippen molar-refractivity contribution in [1.82, 2.24) is 9.88 Å². The number of rotatable bonds is 3. The van der Waals surface area contributed by atoms with Crippen LogP contribution in [0.25, 0.3) is 22.0 Å².